The largest absolute Gasteiger partial charge is 0.441 e. The van der Waals surface area contributed by atoms with Crippen molar-refractivity contribution in [1.82, 2.24) is 14.1 Å². The van der Waals surface area contributed by atoms with Crippen molar-refractivity contribution in [2.45, 2.75) is 101 Å². The number of sulfonamides is 1. The summed E-state index contributed by atoms with van der Waals surface area (Å²) in [5, 5.41) is 9.67. The lowest BCUT2D eigenvalue weighted by Crippen LogP contribution is -2.59. The van der Waals surface area contributed by atoms with Gasteiger partial charge in [-0.15, -0.1) is 0 Å². The minimum atomic E-state index is -3.73. The number of hydrogen-bond donors (Lipinski definition) is 1. The lowest BCUT2D eigenvalue weighted by atomic mass is 9.91. The van der Waals surface area contributed by atoms with Gasteiger partial charge in [0.1, 0.15) is 5.60 Å². The second-order valence-electron chi connectivity index (χ2n) is 11.4. The zero-order chi connectivity index (χ0) is 26.1. The zero-order valence-corrected chi connectivity index (χ0v) is 23.1. The molecule has 2 atom stereocenters. The number of carbonyl (C=O) groups is 1. The molecule has 0 bridgehead atoms. The first-order valence-corrected chi connectivity index (χ1v) is 14.9. The van der Waals surface area contributed by atoms with Gasteiger partial charge in [-0.25, -0.2) is 13.2 Å². The van der Waals surface area contributed by atoms with E-state index in [1.807, 2.05) is 32.9 Å². The molecule has 36 heavy (non-hydrogen) atoms. The molecule has 1 N–H and O–H groups in total. The van der Waals surface area contributed by atoms with Gasteiger partial charge in [0.15, 0.2) is 0 Å². The molecule has 1 aromatic rings. The summed E-state index contributed by atoms with van der Waals surface area (Å²) in [7, 11) is -3.73. The van der Waals surface area contributed by atoms with Gasteiger partial charge in [0.05, 0.1) is 17.5 Å². The van der Waals surface area contributed by atoms with Crippen LogP contribution < -0.4 is 0 Å². The molecule has 0 radical (unpaired) electrons. The van der Waals surface area contributed by atoms with Crippen molar-refractivity contribution in [3.05, 3.63) is 29.8 Å². The van der Waals surface area contributed by atoms with Crippen LogP contribution in [0.15, 0.2) is 29.2 Å². The van der Waals surface area contributed by atoms with Crippen molar-refractivity contribution in [2.24, 2.45) is 0 Å². The van der Waals surface area contributed by atoms with Gasteiger partial charge in [0.2, 0.25) is 10.0 Å². The van der Waals surface area contributed by atoms with Gasteiger partial charge in [-0.05, 0) is 65.0 Å². The fourth-order valence-electron chi connectivity index (χ4n) is 5.81. The predicted octanol–water partition coefficient (Wildman–Crippen LogP) is 3.76. The number of rotatable bonds is 8. The maximum Gasteiger partial charge on any atom is 0.410 e. The standard InChI is InChI=1S/C27H43N3O5S/c1-5-7-22-8-6-9-24(30(22)36(33,34)23-12-10-21(2)11-13-23)27(14-15-27)35-25(32)28-16-18-29(19-17-28)26(3,4)20-31/h10-13,22,24,31H,5-9,14-20H2,1-4H3/t22-,24-/m1/s1. The van der Waals surface area contributed by atoms with Crippen LogP contribution in [0.25, 0.3) is 0 Å². The van der Waals surface area contributed by atoms with Crippen LogP contribution >= 0.6 is 0 Å². The number of aryl methyl sites for hydroxylation is 1. The van der Waals surface area contributed by atoms with Crippen molar-refractivity contribution < 1.29 is 23.1 Å². The Kier molecular flexibility index (Phi) is 8.05. The second kappa shape index (κ2) is 10.6. The van der Waals surface area contributed by atoms with E-state index in [9.17, 15) is 18.3 Å². The van der Waals surface area contributed by atoms with Gasteiger partial charge in [-0.3, -0.25) is 4.90 Å². The molecular weight excluding hydrogens is 478 g/mol. The van der Waals surface area contributed by atoms with Gasteiger partial charge in [-0.1, -0.05) is 37.5 Å². The minimum Gasteiger partial charge on any atom is -0.441 e. The van der Waals surface area contributed by atoms with Gasteiger partial charge in [0.25, 0.3) is 0 Å². The van der Waals surface area contributed by atoms with Crippen molar-refractivity contribution in [2.75, 3.05) is 32.8 Å². The number of nitrogens with zero attached hydrogens (tertiary/aromatic N) is 3. The first-order valence-electron chi connectivity index (χ1n) is 13.5. The molecule has 8 nitrogen and oxygen atoms in total. The Morgan fingerprint density at radius 2 is 1.75 bits per heavy atom. The first-order chi connectivity index (χ1) is 17.0. The van der Waals surface area contributed by atoms with E-state index < -0.39 is 15.6 Å². The maximum absolute atomic E-state index is 14.0. The number of hydrogen-bond acceptors (Lipinski definition) is 6. The van der Waals surface area contributed by atoms with E-state index in [1.165, 1.54) is 0 Å². The van der Waals surface area contributed by atoms with Gasteiger partial charge < -0.3 is 14.7 Å². The van der Waals surface area contributed by atoms with Crippen LogP contribution in [0.5, 0.6) is 0 Å². The highest BCUT2D eigenvalue weighted by Gasteiger charge is 2.59. The second-order valence-corrected chi connectivity index (χ2v) is 13.3. The highest BCUT2D eigenvalue weighted by Crippen LogP contribution is 2.50. The summed E-state index contributed by atoms with van der Waals surface area (Å²) in [6, 6.07) is 6.64. The van der Waals surface area contributed by atoms with E-state index in [0.29, 0.717) is 50.3 Å². The molecule has 3 aliphatic rings. The van der Waals surface area contributed by atoms with Crippen LogP contribution in [0.1, 0.15) is 71.3 Å². The number of carbonyl (C=O) groups excluding carboxylic acids is 1. The average molecular weight is 522 g/mol. The molecule has 9 heteroatoms. The Hall–Kier alpha value is -1.68. The molecule has 0 spiro atoms. The van der Waals surface area contributed by atoms with E-state index in [4.69, 9.17) is 4.74 Å². The van der Waals surface area contributed by atoms with Crippen LogP contribution in [0.4, 0.5) is 4.79 Å². The van der Waals surface area contributed by atoms with Crippen LogP contribution in [0.3, 0.4) is 0 Å². The molecule has 1 aromatic carbocycles. The van der Waals surface area contributed by atoms with Crippen LogP contribution in [-0.2, 0) is 14.8 Å². The van der Waals surface area contributed by atoms with Crippen molar-refractivity contribution in [3.8, 4) is 0 Å². The Labute approximate surface area is 216 Å². The summed E-state index contributed by atoms with van der Waals surface area (Å²) in [6.07, 6.45) is 5.22. The monoisotopic (exact) mass is 521 g/mol. The summed E-state index contributed by atoms with van der Waals surface area (Å²) < 4.78 is 35.8. The molecule has 2 heterocycles. The van der Waals surface area contributed by atoms with Crippen molar-refractivity contribution in [1.29, 1.82) is 0 Å². The number of piperazine rings is 1. The fourth-order valence-corrected chi connectivity index (χ4v) is 7.77. The molecule has 202 valence electrons. The lowest BCUT2D eigenvalue weighted by molar-refractivity contribution is -0.0248. The van der Waals surface area contributed by atoms with E-state index in [-0.39, 0.29) is 30.3 Å². The quantitative estimate of drug-likeness (QED) is 0.560. The smallest absolute Gasteiger partial charge is 0.410 e. The van der Waals surface area contributed by atoms with Crippen molar-refractivity contribution >= 4 is 16.1 Å². The third-order valence-corrected chi connectivity index (χ3v) is 10.3. The number of aliphatic hydroxyl groups excluding tert-OH is 1. The number of aliphatic hydroxyl groups is 1. The SMILES string of the molecule is CCC[C@@H]1CCC[C@H](C2(OC(=O)N3CCN(C(C)(C)CO)CC3)CC2)N1S(=O)(=O)c1ccc(C)cc1. The molecule has 4 rings (SSSR count). The third-order valence-electron chi connectivity index (χ3n) is 8.32. The van der Waals surface area contributed by atoms with E-state index in [0.717, 1.165) is 31.2 Å². The summed E-state index contributed by atoms with van der Waals surface area (Å²) in [5.74, 6) is 0. The van der Waals surface area contributed by atoms with Gasteiger partial charge >= 0.3 is 6.09 Å². The van der Waals surface area contributed by atoms with Gasteiger partial charge in [-0.2, -0.15) is 4.31 Å². The number of piperidine rings is 1. The molecule has 2 saturated heterocycles. The summed E-state index contributed by atoms with van der Waals surface area (Å²) >= 11 is 0. The van der Waals surface area contributed by atoms with Crippen molar-refractivity contribution in [3.63, 3.8) is 0 Å². The normalized spacial score (nSPS) is 25.5. The number of ether oxygens (including phenoxy) is 1. The van der Waals surface area contributed by atoms with E-state index in [2.05, 4.69) is 11.8 Å². The molecule has 1 aliphatic carbocycles. The Balaban J connectivity index is 1.53. The molecule has 0 aromatic heterocycles. The summed E-state index contributed by atoms with van der Waals surface area (Å²) in [4.78, 5) is 17.5. The molecular formula is C27H43N3O5S. The van der Waals surface area contributed by atoms with Crippen LogP contribution in [0.2, 0.25) is 0 Å². The molecule has 1 saturated carbocycles. The zero-order valence-electron chi connectivity index (χ0n) is 22.3. The van der Waals surface area contributed by atoms with E-state index in [1.54, 1.807) is 21.3 Å². The Morgan fingerprint density at radius 3 is 2.31 bits per heavy atom. The van der Waals surface area contributed by atoms with E-state index >= 15 is 0 Å². The first kappa shape index (κ1) is 27.4. The third kappa shape index (κ3) is 5.44. The molecule has 3 fully saturated rings. The average Bonchev–Trinajstić information content (AvgIpc) is 3.65. The predicted molar refractivity (Wildman–Crippen MR) is 139 cm³/mol. The fraction of sp³-hybridized carbons (Fsp3) is 0.741. The molecule has 1 amide bonds. The highest BCUT2D eigenvalue weighted by molar-refractivity contribution is 7.89. The van der Waals surface area contributed by atoms with Gasteiger partial charge in [0, 0.05) is 37.8 Å². The Bertz CT molecular complexity index is 1010. The summed E-state index contributed by atoms with van der Waals surface area (Å²) in [5.41, 5.74) is -0.0538. The molecule has 0 unspecified atom stereocenters. The van der Waals surface area contributed by atoms with Crippen LogP contribution in [0, 0.1) is 6.92 Å². The number of benzene rings is 1. The van der Waals surface area contributed by atoms with Crippen LogP contribution in [-0.4, -0.2) is 89.7 Å². The maximum atomic E-state index is 14.0. The summed E-state index contributed by atoms with van der Waals surface area (Å²) in [6.45, 7) is 10.5. The topological polar surface area (TPSA) is 90.4 Å². The lowest BCUT2D eigenvalue weighted by Gasteiger charge is -2.45. The minimum absolute atomic E-state index is 0.0620. The Morgan fingerprint density at radius 1 is 1.11 bits per heavy atom. The number of amides is 1. The highest BCUT2D eigenvalue weighted by atomic mass is 32.2. The molecule has 2 aliphatic heterocycles.